The molecule has 2 rings (SSSR count). The Kier molecular flexibility index (Phi) is 3.97. The summed E-state index contributed by atoms with van der Waals surface area (Å²) < 4.78 is 0. The van der Waals surface area contributed by atoms with Crippen LogP contribution in [0.5, 0.6) is 0 Å². The Morgan fingerprint density at radius 1 is 1.32 bits per heavy atom. The summed E-state index contributed by atoms with van der Waals surface area (Å²) in [6, 6.07) is -0.495. The molecule has 0 radical (unpaired) electrons. The van der Waals surface area contributed by atoms with E-state index in [1.807, 2.05) is 33.8 Å². The highest BCUT2D eigenvalue weighted by molar-refractivity contribution is 5.97. The fourth-order valence-corrected chi connectivity index (χ4v) is 3.05. The number of hydrogen-bond acceptors (Lipinski definition) is 2. The lowest BCUT2D eigenvalue weighted by Crippen LogP contribution is -2.64. The molecule has 2 atom stereocenters. The van der Waals surface area contributed by atoms with E-state index in [4.69, 9.17) is 0 Å². The van der Waals surface area contributed by atoms with Gasteiger partial charge in [-0.2, -0.15) is 0 Å². The van der Waals surface area contributed by atoms with Crippen molar-refractivity contribution in [2.24, 2.45) is 5.92 Å². The van der Waals surface area contributed by atoms with Crippen LogP contribution in [-0.2, 0) is 9.59 Å². The summed E-state index contributed by atoms with van der Waals surface area (Å²) in [7, 11) is 0. The van der Waals surface area contributed by atoms with E-state index in [0.29, 0.717) is 6.54 Å². The van der Waals surface area contributed by atoms with Gasteiger partial charge in [-0.1, -0.05) is 25.5 Å². The van der Waals surface area contributed by atoms with Crippen LogP contribution >= 0.6 is 0 Å². The summed E-state index contributed by atoms with van der Waals surface area (Å²) in [5, 5.41) is 0. The highest BCUT2D eigenvalue weighted by atomic mass is 16.2. The van der Waals surface area contributed by atoms with Crippen molar-refractivity contribution in [1.82, 2.24) is 9.80 Å². The molecule has 0 aromatic rings. The number of fused-ring (bicyclic) bond motifs is 1. The third-order valence-corrected chi connectivity index (χ3v) is 4.02. The Balaban J connectivity index is 2.28. The number of amides is 2. The molecule has 19 heavy (non-hydrogen) atoms. The minimum Gasteiger partial charge on any atom is -0.329 e. The molecule has 0 saturated carbocycles. The molecule has 0 aromatic carbocycles. The Morgan fingerprint density at radius 2 is 2.00 bits per heavy atom. The summed E-state index contributed by atoms with van der Waals surface area (Å²) in [5.41, 5.74) is 1.18. The number of carbonyl (C=O) groups is 2. The molecule has 2 unspecified atom stereocenters. The van der Waals surface area contributed by atoms with Gasteiger partial charge in [0.2, 0.25) is 11.8 Å². The standard InChI is InChI=1S/C15H24N2O2/c1-10(2)7-9-17-13(11(3)4)15(19)16-8-5-6-12(16)14(17)18/h7,11-13H,5-6,8-9H2,1-4H3. The molecule has 4 nitrogen and oxygen atoms in total. The van der Waals surface area contributed by atoms with Gasteiger partial charge in [-0.05, 0) is 32.6 Å². The first-order valence-electron chi connectivity index (χ1n) is 7.17. The third kappa shape index (κ3) is 2.53. The van der Waals surface area contributed by atoms with Crippen molar-refractivity contribution in [3.8, 4) is 0 Å². The number of rotatable bonds is 3. The molecule has 0 aliphatic carbocycles. The van der Waals surface area contributed by atoms with Crippen LogP contribution in [0.4, 0.5) is 0 Å². The Bertz CT molecular complexity index is 410. The van der Waals surface area contributed by atoms with Gasteiger partial charge in [-0.25, -0.2) is 0 Å². The van der Waals surface area contributed by atoms with Crippen LogP contribution in [-0.4, -0.2) is 46.8 Å². The molecule has 2 aliphatic rings. The molecular weight excluding hydrogens is 240 g/mol. The first-order valence-corrected chi connectivity index (χ1v) is 7.17. The lowest BCUT2D eigenvalue weighted by atomic mass is 9.96. The van der Waals surface area contributed by atoms with E-state index in [1.165, 1.54) is 5.57 Å². The van der Waals surface area contributed by atoms with Crippen molar-refractivity contribution in [2.75, 3.05) is 13.1 Å². The van der Waals surface area contributed by atoms with Gasteiger partial charge in [0.1, 0.15) is 12.1 Å². The van der Waals surface area contributed by atoms with Gasteiger partial charge in [0, 0.05) is 13.1 Å². The largest absolute Gasteiger partial charge is 0.329 e. The van der Waals surface area contributed by atoms with Crippen LogP contribution in [0.15, 0.2) is 11.6 Å². The van der Waals surface area contributed by atoms with Gasteiger partial charge < -0.3 is 9.80 Å². The molecule has 2 fully saturated rings. The quantitative estimate of drug-likeness (QED) is 0.729. The first kappa shape index (κ1) is 14.1. The van der Waals surface area contributed by atoms with Crippen molar-refractivity contribution in [3.63, 3.8) is 0 Å². The number of hydrogen-bond donors (Lipinski definition) is 0. The average molecular weight is 264 g/mol. The zero-order valence-electron chi connectivity index (χ0n) is 12.3. The van der Waals surface area contributed by atoms with Gasteiger partial charge >= 0.3 is 0 Å². The lowest BCUT2D eigenvalue weighted by Gasteiger charge is -2.43. The molecule has 2 saturated heterocycles. The number of nitrogens with zero attached hydrogens (tertiary/aromatic N) is 2. The molecule has 2 amide bonds. The molecule has 2 aliphatic heterocycles. The van der Waals surface area contributed by atoms with E-state index >= 15 is 0 Å². The van der Waals surface area contributed by atoms with E-state index in [1.54, 1.807) is 9.80 Å². The van der Waals surface area contributed by atoms with Gasteiger partial charge in [-0.3, -0.25) is 9.59 Å². The second-order valence-electron chi connectivity index (χ2n) is 6.15. The maximum absolute atomic E-state index is 12.6. The van der Waals surface area contributed by atoms with E-state index in [2.05, 4.69) is 0 Å². The molecule has 106 valence electrons. The maximum atomic E-state index is 12.6. The van der Waals surface area contributed by atoms with Crippen LogP contribution in [0.25, 0.3) is 0 Å². The summed E-state index contributed by atoms with van der Waals surface area (Å²) in [6.07, 6.45) is 3.80. The van der Waals surface area contributed by atoms with Gasteiger partial charge in [0.15, 0.2) is 0 Å². The summed E-state index contributed by atoms with van der Waals surface area (Å²) in [6.45, 7) is 9.36. The van der Waals surface area contributed by atoms with E-state index in [0.717, 1.165) is 19.4 Å². The normalized spacial score (nSPS) is 27.0. The number of piperazine rings is 1. The fourth-order valence-electron chi connectivity index (χ4n) is 3.05. The molecule has 0 aromatic heterocycles. The highest BCUT2D eigenvalue weighted by Gasteiger charge is 2.48. The number of allylic oxidation sites excluding steroid dienone is 1. The van der Waals surface area contributed by atoms with Crippen molar-refractivity contribution in [3.05, 3.63) is 11.6 Å². The van der Waals surface area contributed by atoms with Crippen LogP contribution in [0.3, 0.4) is 0 Å². The zero-order valence-corrected chi connectivity index (χ0v) is 12.3. The molecule has 4 heteroatoms. The zero-order chi connectivity index (χ0) is 14.2. The molecule has 0 N–H and O–H groups in total. The number of carbonyl (C=O) groups excluding carboxylic acids is 2. The molecule has 0 bridgehead atoms. The Hall–Kier alpha value is -1.32. The van der Waals surface area contributed by atoms with E-state index in [9.17, 15) is 9.59 Å². The smallest absolute Gasteiger partial charge is 0.246 e. The van der Waals surface area contributed by atoms with Gasteiger partial charge in [0.25, 0.3) is 0 Å². The summed E-state index contributed by atoms with van der Waals surface area (Å²) >= 11 is 0. The topological polar surface area (TPSA) is 40.6 Å². The second-order valence-corrected chi connectivity index (χ2v) is 6.15. The molecule has 0 spiro atoms. The van der Waals surface area contributed by atoms with Crippen LogP contribution in [0.1, 0.15) is 40.5 Å². The Labute approximate surface area is 115 Å². The van der Waals surface area contributed by atoms with E-state index < -0.39 is 0 Å². The predicted molar refractivity (Wildman–Crippen MR) is 74.5 cm³/mol. The maximum Gasteiger partial charge on any atom is 0.246 e. The molecular formula is C15H24N2O2. The van der Waals surface area contributed by atoms with Crippen molar-refractivity contribution in [1.29, 1.82) is 0 Å². The van der Waals surface area contributed by atoms with Gasteiger partial charge in [0.05, 0.1) is 0 Å². The van der Waals surface area contributed by atoms with Crippen LogP contribution in [0.2, 0.25) is 0 Å². The minimum absolute atomic E-state index is 0.133. The summed E-state index contributed by atoms with van der Waals surface area (Å²) in [4.78, 5) is 28.7. The van der Waals surface area contributed by atoms with Crippen molar-refractivity contribution < 1.29 is 9.59 Å². The predicted octanol–water partition coefficient (Wildman–Crippen LogP) is 1.81. The highest BCUT2D eigenvalue weighted by Crippen LogP contribution is 2.29. The lowest BCUT2D eigenvalue weighted by molar-refractivity contribution is -0.160. The van der Waals surface area contributed by atoms with Crippen LogP contribution in [0, 0.1) is 5.92 Å². The van der Waals surface area contributed by atoms with Crippen molar-refractivity contribution in [2.45, 2.75) is 52.6 Å². The average Bonchev–Trinajstić information content (AvgIpc) is 2.80. The first-order chi connectivity index (χ1) is 8.93. The summed E-state index contributed by atoms with van der Waals surface area (Å²) in [5.74, 6) is 0.427. The minimum atomic E-state index is -0.294. The molecule has 2 heterocycles. The third-order valence-electron chi connectivity index (χ3n) is 4.02. The second kappa shape index (κ2) is 5.35. The van der Waals surface area contributed by atoms with Crippen LogP contribution < -0.4 is 0 Å². The monoisotopic (exact) mass is 264 g/mol. The van der Waals surface area contributed by atoms with Gasteiger partial charge in [-0.15, -0.1) is 0 Å². The fraction of sp³-hybridized carbons (Fsp3) is 0.733. The SMILES string of the molecule is CC(C)=CCN1C(=O)C2CCCN2C(=O)C1C(C)C. The van der Waals surface area contributed by atoms with Crippen molar-refractivity contribution >= 4 is 11.8 Å². The van der Waals surface area contributed by atoms with E-state index in [-0.39, 0.29) is 29.8 Å². The Morgan fingerprint density at radius 3 is 2.58 bits per heavy atom.